The lowest BCUT2D eigenvalue weighted by Gasteiger charge is -2.32. The van der Waals surface area contributed by atoms with Crippen molar-refractivity contribution in [3.8, 4) is 0 Å². The van der Waals surface area contributed by atoms with Crippen LogP contribution in [0.25, 0.3) is 0 Å². The quantitative estimate of drug-likeness (QED) is 0.861. The van der Waals surface area contributed by atoms with Gasteiger partial charge in [0.15, 0.2) is 5.13 Å². The number of thiazole rings is 1. The highest BCUT2D eigenvalue weighted by atomic mass is 32.2. The molecule has 0 spiro atoms. The van der Waals surface area contributed by atoms with Gasteiger partial charge in [0.1, 0.15) is 6.04 Å². The van der Waals surface area contributed by atoms with Gasteiger partial charge in [-0.1, -0.05) is 0 Å². The lowest BCUT2D eigenvalue weighted by molar-refractivity contribution is -0.141. The molecule has 1 aromatic heterocycles. The van der Waals surface area contributed by atoms with Crippen molar-refractivity contribution >= 4 is 40.2 Å². The largest absolute Gasteiger partial charge is 0.480 e. The van der Waals surface area contributed by atoms with Crippen molar-refractivity contribution in [3.63, 3.8) is 0 Å². The lowest BCUT2D eigenvalue weighted by Crippen LogP contribution is -2.51. The van der Waals surface area contributed by atoms with E-state index in [1.54, 1.807) is 11.8 Å². The molecule has 2 amide bonds. The SMILES string of the molecule is Cc1csc(NC(=O)N2CCSCC2C(=O)O)n1. The molecule has 18 heavy (non-hydrogen) atoms. The van der Waals surface area contributed by atoms with Gasteiger partial charge in [-0.25, -0.2) is 14.6 Å². The number of carboxylic acids is 1. The average molecular weight is 287 g/mol. The summed E-state index contributed by atoms with van der Waals surface area (Å²) in [6, 6.07) is -1.15. The highest BCUT2D eigenvalue weighted by Gasteiger charge is 2.32. The van der Waals surface area contributed by atoms with Crippen molar-refractivity contribution < 1.29 is 14.7 Å². The van der Waals surface area contributed by atoms with E-state index in [2.05, 4.69) is 10.3 Å². The molecular weight excluding hydrogens is 274 g/mol. The van der Waals surface area contributed by atoms with Gasteiger partial charge in [0.05, 0.1) is 5.69 Å². The second-order valence-corrected chi connectivity index (χ2v) is 5.85. The zero-order valence-corrected chi connectivity index (χ0v) is 11.4. The summed E-state index contributed by atoms with van der Waals surface area (Å²) in [5, 5.41) is 14.0. The molecule has 2 heterocycles. The minimum absolute atomic E-state index is 0.392. The molecule has 0 aliphatic carbocycles. The van der Waals surface area contributed by atoms with Crippen LogP contribution in [0.4, 0.5) is 9.93 Å². The highest BCUT2D eigenvalue weighted by Crippen LogP contribution is 2.20. The van der Waals surface area contributed by atoms with Crippen molar-refractivity contribution in [2.45, 2.75) is 13.0 Å². The van der Waals surface area contributed by atoms with E-state index in [4.69, 9.17) is 5.11 Å². The monoisotopic (exact) mass is 287 g/mol. The third kappa shape index (κ3) is 2.94. The standard InChI is InChI=1S/C10H13N3O3S2/c1-6-4-18-9(11-6)12-10(16)13-2-3-17-5-7(13)8(14)15/h4,7H,2-3,5H2,1H3,(H,14,15)(H,11,12,16). The van der Waals surface area contributed by atoms with E-state index in [1.165, 1.54) is 16.2 Å². The molecule has 2 N–H and O–H groups in total. The Labute approximate surface area is 112 Å². The number of aromatic nitrogens is 1. The second-order valence-electron chi connectivity index (χ2n) is 3.85. The normalized spacial score (nSPS) is 19.6. The third-order valence-electron chi connectivity index (χ3n) is 2.51. The molecular formula is C10H13N3O3S2. The maximum Gasteiger partial charge on any atom is 0.327 e. The maximum atomic E-state index is 12.0. The number of aliphatic carboxylic acids is 1. The Morgan fingerprint density at radius 1 is 1.61 bits per heavy atom. The van der Waals surface area contributed by atoms with Gasteiger partial charge in [0, 0.05) is 23.4 Å². The van der Waals surface area contributed by atoms with Crippen molar-refractivity contribution in [1.29, 1.82) is 0 Å². The number of anilines is 1. The van der Waals surface area contributed by atoms with Crippen molar-refractivity contribution in [3.05, 3.63) is 11.1 Å². The molecule has 1 saturated heterocycles. The topological polar surface area (TPSA) is 82.5 Å². The molecule has 1 unspecified atom stereocenters. The molecule has 6 nitrogen and oxygen atoms in total. The van der Waals surface area contributed by atoms with Gasteiger partial charge in [-0.2, -0.15) is 11.8 Å². The Hall–Kier alpha value is -1.28. The average Bonchev–Trinajstić information content (AvgIpc) is 2.74. The van der Waals surface area contributed by atoms with E-state index in [0.29, 0.717) is 17.4 Å². The van der Waals surface area contributed by atoms with E-state index in [0.717, 1.165) is 11.4 Å². The zero-order valence-electron chi connectivity index (χ0n) is 9.75. The van der Waals surface area contributed by atoms with E-state index in [9.17, 15) is 9.59 Å². The second kappa shape index (κ2) is 5.57. The number of carboxylic acid groups (broad SMARTS) is 1. The number of carbonyl (C=O) groups excluding carboxylic acids is 1. The first kappa shape index (κ1) is 13.2. The number of carbonyl (C=O) groups is 2. The summed E-state index contributed by atoms with van der Waals surface area (Å²) in [6.07, 6.45) is 0. The number of nitrogens with zero attached hydrogens (tertiary/aromatic N) is 2. The van der Waals surface area contributed by atoms with Crippen LogP contribution >= 0.6 is 23.1 Å². The van der Waals surface area contributed by atoms with Crippen LogP contribution in [0, 0.1) is 6.92 Å². The van der Waals surface area contributed by atoms with Crippen LogP contribution in [-0.2, 0) is 4.79 Å². The number of nitrogens with one attached hydrogen (secondary N) is 1. The third-order valence-corrected chi connectivity index (χ3v) is 4.41. The minimum Gasteiger partial charge on any atom is -0.480 e. The van der Waals surface area contributed by atoms with Gasteiger partial charge in [0.25, 0.3) is 0 Å². The van der Waals surface area contributed by atoms with Crippen LogP contribution in [0.15, 0.2) is 5.38 Å². The Kier molecular flexibility index (Phi) is 4.07. The van der Waals surface area contributed by atoms with Crippen molar-refractivity contribution in [2.24, 2.45) is 0 Å². The Balaban J connectivity index is 2.04. The predicted octanol–water partition coefficient (Wildman–Crippen LogP) is 1.49. The molecule has 1 aliphatic rings. The first-order chi connectivity index (χ1) is 8.58. The summed E-state index contributed by atoms with van der Waals surface area (Å²) in [5.74, 6) is 0.223. The maximum absolute atomic E-state index is 12.0. The molecule has 1 atom stereocenters. The fourth-order valence-electron chi connectivity index (χ4n) is 1.63. The number of thioether (sulfide) groups is 1. The number of aryl methyl sites for hydroxylation is 1. The number of amides is 2. The summed E-state index contributed by atoms with van der Waals surface area (Å²) in [5.41, 5.74) is 0.833. The highest BCUT2D eigenvalue weighted by molar-refractivity contribution is 7.99. The van der Waals surface area contributed by atoms with Crippen LogP contribution in [0.2, 0.25) is 0 Å². The van der Waals surface area contributed by atoms with Crippen LogP contribution in [0.5, 0.6) is 0 Å². The van der Waals surface area contributed by atoms with Crippen molar-refractivity contribution in [2.75, 3.05) is 23.4 Å². The van der Waals surface area contributed by atoms with Crippen LogP contribution < -0.4 is 5.32 Å². The molecule has 1 aromatic rings. The first-order valence-electron chi connectivity index (χ1n) is 5.38. The summed E-state index contributed by atoms with van der Waals surface area (Å²) in [6.45, 7) is 2.28. The van der Waals surface area contributed by atoms with E-state index in [1.807, 2.05) is 12.3 Å². The Morgan fingerprint density at radius 2 is 2.39 bits per heavy atom. The van der Waals surface area contributed by atoms with Gasteiger partial charge >= 0.3 is 12.0 Å². The van der Waals surface area contributed by atoms with Crippen molar-refractivity contribution in [1.82, 2.24) is 9.88 Å². The molecule has 1 aliphatic heterocycles. The van der Waals surface area contributed by atoms with E-state index >= 15 is 0 Å². The molecule has 0 aromatic carbocycles. The molecule has 8 heteroatoms. The molecule has 1 fully saturated rings. The number of hydrogen-bond acceptors (Lipinski definition) is 5. The molecule has 0 bridgehead atoms. The summed E-state index contributed by atoms with van der Waals surface area (Å²) >= 11 is 2.88. The number of rotatable bonds is 2. The smallest absolute Gasteiger partial charge is 0.327 e. The van der Waals surface area contributed by atoms with Gasteiger partial charge < -0.3 is 10.0 Å². The van der Waals surface area contributed by atoms with Gasteiger partial charge in [-0.3, -0.25) is 5.32 Å². The molecule has 98 valence electrons. The van der Waals surface area contributed by atoms with E-state index < -0.39 is 18.0 Å². The predicted molar refractivity (Wildman–Crippen MR) is 71.3 cm³/mol. The van der Waals surface area contributed by atoms with Gasteiger partial charge in [-0.15, -0.1) is 11.3 Å². The summed E-state index contributed by atoms with van der Waals surface area (Å²) in [4.78, 5) is 28.6. The fourth-order valence-corrected chi connectivity index (χ4v) is 3.34. The van der Waals surface area contributed by atoms with Crippen LogP contribution in [0.3, 0.4) is 0 Å². The Bertz CT molecular complexity index is 463. The van der Waals surface area contributed by atoms with Crippen LogP contribution in [-0.4, -0.2) is 51.1 Å². The molecule has 0 radical (unpaired) electrons. The molecule has 2 rings (SSSR count). The number of urea groups is 1. The minimum atomic E-state index is -0.965. The van der Waals surface area contributed by atoms with Gasteiger partial charge in [0.2, 0.25) is 0 Å². The summed E-state index contributed by atoms with van der Waals surface area (Å²) < 4.78 is 0. The fraction of sp³-hybridized carbons (Fsp3) is 0.500. The number of hydrogen-bond donors (Lipinski definition) is 2. The lowest BCUT2D eigenvalue weighted by atomic mass is 10.3. The van der Waals surface area contributed by atoms with Gasteiger partial charge in [-0.05, 0) is 6.92 Å². The van der Waals surface area contributed by atoms with Crippen LogP contribution in [0.1, 0.15) is 5.69 Å². The Morgan fingerprint density at radius 3 is 3.00 bits per heavy atom. The van der Waals surface area contributed by atoms with E-state index in [-0.39, 0.29) is 0 Å². The first-order valence-corrected chi connectivity index (χ1v) is 7.41. The molecule has 0 saturated carbocycles. The summed E-state index contributed by atoms with van der Waals surface area (Å²) in [7, 11) is 0. The zero-order chi connectivity index (χ0) is 13.1.